The molecule has 0 spiro atoms. The summed E-state index contributed by atoms with van der Waals surface area (Å²) in [5.41, 5.74) is 0.749. The van der Waals surface area contributed by atoms with Gasteiger partial charge in [0.1, 0.15) is 5.75 Å². The number of ether oxygens (including phenoxy) is 2. The second-order valence-electron chi connectivity index (χ2n) is 4.38. The summed E-state index contributed by atoms with van der Waals surface area (Å²) >= 11 is 0. The van der Waals surface area contributed by atoms with Crippen molar-refractivity contribution in [2.75, 3.05) is 6.61 Å². The van der Waals surface area contributed by atoms with Crippen LogP contribution in [0.5, 0.6) is 5.75 Å². The molecule has 4 nitrogen and oxygen atoms in total. The lowest BCUT2D eigenvalue weighted by Crippen LogP contribution is -2.13. The van der Waals surface area contributed by atoms with E-state index in [9.17, 15) is 9.59 Å². The maximum Gasteiger partial charge on any atom is 0.344 e. The molecule has 0 aromatic heterocycles. The first kappa shape index (κ1) is 15.5. The van der Waals surface area contributed by atoms with Crippen molar-refractivity contribution < 1.29 is 19.1 Å². The molecule has 0 radical (unpaired) electrons. The van der Waals surface area contributed by atoms with Crippen LogP contribution in [0.15, 0.2) is 66.7 Å². The zero-order valence-electron chi connectivity index (χ0n) is 12.2. The molecule has 0 N–H and O–H groups in total. The molecule has 0 heterocycles. The highest BCUT2D eigenvalue weighted by molar-refractivity contribution is 6.21. The third-order valence-electron chi connectivity index (χ3n) is 2.81. The molecule has 0 fully saturated rings. The minimum Gasteiger partial charge on any atom is -0.463 e. The lowest BCUT2D eigenvalue weighted by Gasteiger charge is -2.08. The second kappa shape index (κ2) is 7.78. The highest BCUT2D eigenvalue weighted by Gasteiger charge is 2.16. The number of benzene rings is 2. The third-order valence-corrected chi connectivity index (χ3v) is 2.81. The van der Waals surface area contributed by atoms with Gasteiger partial charge in [0.15, 0.2) is 0 Å². The summed E-state index contributed by atoms with van der Waals surface area (Å²) in [5, 5.41) is 0. The van der Waals surface area contributed by atoms with Crippen molar-refractivity contribution in [2.45, 2.75) is 6.92 Å². The van der Waals surface area contributed by atoms with Crippen LogP contribution in [0.25, 0.3) is 5.57 Å². The topological polar surface area (TPSA) is 52.6 Å². The number of hydrogen-bond acceptors (Lipinski definition) is 4. The van der Waals surface area contributed by atoms with E-state index in [2.05, 4.69) is 0 Å². The highest BCUT2D eigenvalue weighted by Crippen LogP contribution is 2.18. The van der Waals surface area contributed by atoms with Gasteiger partial charge in [-0.05, 0) is 24.6 Å². The molecule has 0 aliphatic heterocycles. The zero-order chi connectivity index (χ0) is 15.8. The molecule has 4 heteroatoms. The third kappa shape index (κ3) is 4.31. The summed E-state index contributed by atoms with van der Waals surface area (Å²) in [5.74, 6) is -0.769. The summed E-state index contributed by atoms with van der Waals surface area (Å²) < 4.78 is 10.2. The van der Waals surface area contributed by atoms with E-state index in [1.165, 1.54) is 0 Å². The van der Waals surface area contributed by atoms with Crippen molar-refractivity contribution >= 4 is 17.5 Å². The molecule has 0 aliphatic carbocycles. The number of carbonyl (C=O) groups excluding carboxylic acids is 2. The Hall–Kier alpha value is -2.88. The van der Waals surface area contributed by atoms with Crippen molar-refractivity contribution in [2.24, 2.45) is 0 Å². The predicted molar refractivity (Wildman–Crippen MR) is 83.1 cm³/mol. The molecule has 2 aromatic carbocycles. The van der Waals surface area contributed by atoms with E-state index in [-0.39, 0.29) is 12.2 Å². The number of carbonyl (C=O) groups is 2. The van der Waals surface area contributed by atoms with Crippen LogP contribution >= 0.6 is 0 Å². The van der Waals surface area contributed by atoms with Gasteiger partial charge in [0.05, 0.1) is 12.2 Å². The molecule has 22 heavy (non-hydrogen) atoms. The van der Waals surface area contributed by atoms with E-state index in [1.54, 1.807) is 55.5 Å². The number of esters is 2. The molecule has 0 saturated heterocycles. The van der Waals surface area contributed by atoms with Gasteiger partial charge in [0, 0.05) is 6.08 Å². The summed E-state index contributed by atoms with van der Waals surface area (Å²) in [6.45, 7) is 1.95. The number of hydrogen-bond donors (Lipinski definition) is 0. The van der Waals surface area contributed by atoms with Crippen LogP contribution in [0.4, 0.5) is 0 Å². The molecule has 2 rings (SSSR count). The van der Waals surface area contributed by atoms with E-state index < -0.39 is 11.9 Å². The molecule has 0 saturated carbocycles. The van der Waals surface area contributed by atoms with Crippen LogP contribution in [0.3, 0.4) is 0 Å². The van der Waals surface area contributed by atoms with Crippen LogP contribution in [0, 0.1) is 0 Å². The lowest BCUT2D eigenvalue weighted by molar-refractivity contribution is -0.137. The lowest BCUT2D eigenvalue weighted by atomic mass is 10.1. The van der Waals surface area contributed by atoms with E-state index in [1.807, 2.05) is 12.1 Å². The maximum absolute atomic E-state index is 12.4. The van der Waals surface area contributed by atoms with Gasteiger partial charge in [-0.25, -0.2) is 9.59 Å². The fraction of sp³-hybridized carbons (Fsp3) is 0.111. The zero-order valence-corrected chi connectivity index (χ0v) is 12.2. The molecule has 2 aromatic rings. The Kier molecular flexibility index (Phi) is 5.49. The molecule has 0 bridgehead atoms. The van der Waals surface area contributed by atoms with Crippen molar-refractivity contribution in [3.05, 3.63) is 72.3 Å². The first-order chi connectivity index (χ1) is 10.7. The summed E-state index contributed by atoms with van der Waals surface area (Å²) in [6, 6.07) is 17.6. The molecule has 112 valence electrons. The monoisotopic (exact) mass is 296 g/mol. The molecule has 0 unspecified atom stereocenters. The Labute approximate surface area is 129 Å². The number of rotatable bonds is 5. The predicted octanol–water partition coefficient (Wildman–Crippen LogP) is 3.24. The Bertz CT molecular complexity index is 660. The SMILES string of the molecule is CCOC(=O)/C=C(/C(=O)Oc1ccccc1)c1ccccc1. The van der Waals surface area contributed by atoms with Gasteiger partial charge in [-0.1, -0.05) is 48.5 Å². The van der Waals surface area contributed by atoms with Gasteiger partial charge >= 0.3 is 11.9 Å². The fourth-order valence-electron chi connectivity index (χ4n) is 1.83. The van der Waals surface area contributed by atoms with Gasteiger partial charge < -0.3 is 9.47 Å². The quantitative estimate of drug-likeness (QED) is 0.483. The first-order valence-electron chi connectivity index (χ1n) is 6.92. The van der Waals surface area contributed by atoms with Crippen molar-refractivity contribution in [3.8, 4) is 5.75 Å². The Morgan fingerprint density at radius 2 is 1.55 bits per heavy atom. The molecule has 0 atom stereocenters. The van der Waals surface area contributed by atoms with Crippen molar-refractivity contribution in [1.82, 2.24) is 0 Å². The second-order valence-corrected chi connectivity index (χ2v) is 4.38. The number of para-hydroxylation sites is 1. The average Bonchev–Trinajstić information content (AvgIpc) is 2.54. The van der Waals surface area contributed by atoms with Crippen molar-refractivity contribution in [3.63, 3.8) is 0 Å². The molecular formula is C18H16O4. The van der Waals surface area contributed by atoms with E-state index in [4.69, 9.17) is 9.47 Å². The Balaban J connectivity index is 2.28. The maximum atomic E-state index is 12.4. The molecule has 0 amide bonds. The molecular weight excluding hydrogens is 280 g/mol. The fourth-order valence-corrected chi connectivity index (χ4v) is 1.83. The van der Waals surface area contributed by atoms with Gasteiger partial charge in [-0.15, -0.1) is 0 Å². The smallest absolute Gasteiger partial charge is 0.344 e. The highest BCUT2D eigenvalue weighted by atomic mass is 16.5. The van der Waals surface area contributed by atoms with Crippen LogP contribution in [-0.4, -0.2) is 18.5 Å². The summed E-state index contributed by atoms with van der Waals surface area (Å²) in [6.07, 6.45) is 1.16. The minimum absolute atomic E-state index is 0.155. The summed E-state index contributed by atoms with van der Waals surface area (Å²) in [7, 11) is 0. The first-order valence-corrected chi connectivity index (χ1v) is 6.92. The Morgan fingerprint density at radius 1 is 0.955 bits per heavy atom. The normalized spacial score (nSPS) is 10.9. The average molecular weight is 296 g/mol. The van der Waals surface area contributed by atoms with Crippen LogP contribution in [-0.2, 0) is 14.3 Å². The van der Waals surface area contributed by atoms with Crippen LogP contribution < -0.4 is 4.74 Å². The largest absolute Gasteiger partial charge is 0.463 e. The van der Waals surface area contributed by atoms with Gasteiger partial charge in [0.25, 0.3) is 0 Å². The minimum atomic E-state index is -0.606. The Morgan fingerprint density at radius 3 is 2.14 bits per heavy atom. The molecule has 0 aliphatic rings. The van der Waals surface area contributed by atoms with E-state index in [0.29, 0.717) is 11.3 Å². The van der Waals surface area contributed by atoms with Crippen LogP contribution in [0.2, 0.25) is 0 Å². The van der Waals surface area contributed by atoms with Crippen LogP contribution in [0.1, 0.15) is 12.5 Å². The van der Waals surface area contributed by atoms with Gasteiger partial charge in [0.2, 0.25) is 0 Å². The van der Waals surface area contributed by atoms with Crippen molar-refractivity contribution in [1.29, 1.82) is 0 Å². The van der Waals surface area contributed by atoms with E-state index in [0.717, 1.165) is 6.08 Å². The summed E-state index contributed by atoms with van der Waals surface area (Å²) in [4.78, 5) is 24.0. The van der Waals surface area contributed by atoms with Gasteiger partial charge in [-0.2, -0.15) is 0 Å². The van der Waals surface area contributed by atoms with Gasteiger partial charge in [-0.3, -0.25) is 0 Å². The van der Waals surface area contributed by atoms with E-state index >= 15 is 0 Å². The standard InChI is InChI=1S/C18H16O4/c1-2-21-17(19)13-16(14-9-5-3-6-10-14)18(20)22-15-11-7-4-8-12-15/h3-13H,2H2,1H3/b16-13+.